The molecular formula is C32H54O6P2. The summed E-state index contributed by atoms with van der Waals surface area (Å²) < 4.78 is 19.4. The Morgan fingerprint density at radius 2 is 0.875 bits per heavy atom. The number of rotatable bonds is 6. The van der Waals surface area contributed by atoms with Crippen molar-refractivity contribution in [3.05, 3.63) is 57.6 Å². The maximum Gasteiger partial charge on any atom is 0.463 e. The summed E-state index contributed by atoms with van der Waals surface area (Å²) in [5.41, 5.74) is 7.13. The molecule has 0 unspecified atom stereocenters. The molecular weight excluding hydrogens is 542 g/mol. The van der Waals surface area contributed by atoms with Gasteiger partial charge in [-0.3, -0.25) is 4.52 Å². The molecule has 0 radical (unpaired) electrons. The zero-order chi connectivity index (χ0) is 31.4. The minimum absolute atomic E-state index is 0.0535. The van der Waals surface area contributed by atoms with Gasteiger partial charge < -0.3 is 23.7 Å². The predicted octanol–water partition coefficient (Wildman–Crippen LogP) is 9.40. The van der Waals surface area contributed by atoms with Crippen LogP contribution in [0.1, 0.15) is 123 Å². The van der Waals surface area contributed by atoms with E-state index in [-0.39, 0.29) is 21.7 Å². The van der Waals surface area contributed by atoms with Crippen LogP contribution in [0.15, 0.2) is 24.3 Å². The molecule has 0 aliphatic rings. The summed E-state index contributed by atoms with van der Waals surface area (Å²) >= 11 is 0. The third kappa shape index (κ3) is 10.9. The van der Waals surface area contributed by atoms with E-state index >= 15 is 0 Å². The van der Waals surface area contributed by atoms with Gasteiger partial charge in [0, 0.05) is 11.1 Å². The zero-order valence-electron chi connectivity index (χ0n) is 27.5. The molecule has 0 saturated heterocycles. The van der Waals surface area contributed by atoms with Crippen LogP contribution in [-0.4, -0.2) is 21.3 Å². The van der Waals surface area contributed by atoms with Crippen molar-refractivity contribution in [2.24, 2.45) is 0 Å². The Balaban J connectivity index is 0.00000187. The van der Waals surface area contributed by atoms with Crippen LogP contribution in [0, 0.1) is 13.8 Å². The fourth-order valence-corrected chi connectivity index (χ4v) is 5.23. The van der Waals surface area contributed by atoms with E-state index in [0.717, 1.165) is 22.6 Å². The summed E-state index contributed by atoms with van der Waals surface area (Å²) in [6, 6.07) is 9.08. The molecule has 2 aromatic rings. The molecule has 3 N–H and O–H groups in total. The maximum atomic E-state index is 7.23. The summed E-state index contributed by atoms with van der Waals surface area (Å²) in [7, 11) is -4.27. The third-order valence-corrected chi connectivity index (χ3v) is 7.60. The lowest BCUT2D eigenvalue weighted by Gasteiger charge is -2.31. The van der Waals surface area contributed by atoms with E-state index in [2.05, 4.69) is 121 Å². The van der Waals surface area contributed by atoms with Crippen molar-refractivity contribution >= 4 is 17.2 Å². The highest BCUT2D eigenvalue weighted by Gasteiger charge is 2.31. The van der Waals surface area contributed by atoms with Crippen LogP contribution < -0.4 is 9.05 Å². The quantitative estimate of drug-likeness (QED) is 0.288. The van der Waals surface area contributed by atoms with Gasteiger partial charge in [0.15, 0.2) is 0 Å². The highest BCUT2D eigenvalue weighted by molar-refractivity contribution is 7.42. The minimum Gasteiger partial charge on any atom is -0.417 e. The lowest BCUT2D eigenvalue weighted by Crippen LogP contribution is -2.19. The monoisotopic (exact) mass is 596 g/mol. The molecule has 0 amide bonds. The Bertz CT molecular complexity index is 1030. The second-order valence-corrected chi connectivity index (χ2v) is 16.0. The van der Waals surface area contributed by atoms with Crippen LogP contribution >= 0.6 is 17.2 Å². The SMILES string of the molecule is CCOP(Oc1c(C)cc(C(C)(C)C)cc1C(C)(C)C)Oc1c(C)cc(C(C)(C)C)cc1C(C)(C)C.OP(O)O. The molecule has 6 nitrogen and oxygen atoms in total. The van der Waals surface area contributed by atoms with Gasteiger partial charge in [-0.1, -0.05) is 107 Å². The van der Waals surface area contributed by atoms with Crippen molar-refractivity contribution in [1.82, 2.24) is 0 Å². The molecule has 0 aliphatic heterocycles. The summed E-state index contributed by atoms with van der Waals surface area (Å²) in [6.45, 7) is 33.7. The van der Waals surface area contributed by atoms with Crippen molar-refractivity contribution in [2.75, 3.05) is 6.61 Å². The molecule has 0 bridgehead atoms. The van der Waals surface area contributed by atoms with E-state index in [9.17, 15) is 0 Å². The summed E-state index contributed by atoms with van der Waals surface area (Å²) in [4.78, 5) is 21.7. The van der Waals surface area contributed by atoms with Gasteiger partial charge in [-0.15, -0.1) is 0 Å². The predicted molar refractivity (Wildman–Crippen MR) is 171 cm³/mol. The van der Waals surface area contributed by atoms with E-state index < -0.39 is 17.2 Å². The Morgan fingerprint density at radius 1 is 0.575 bits per heavy atom. The highest BCUT2D eigenvalue weighted by atomic mass is 31.2. The topological polar surface area (TPSA) is 88.4 Å². The second-order valence-electron chi connectivity index (χ2n) is 14.4. The molecule has 0 heterocycles. The van der Waals surface area contributed by atoms with Crippen molar-refractivity contribution in [3.63, 3.8) is 0 Å². The molecule has 40 heavy (non-hydrogen) atoms. The summed E-state index contributed by atoms with van der Waals surface area (Å²) in [6.07, 6.45) is 0. The first kappa shape index (κ1) is 36.8. The van der Waals surface area contributed by atoms with E-state index in [1.165, 1.54) is 22.3 Å². The zero-order valence-corrected chi connectivity index (χ0v) is 29.3. The van der Waals surface area contributed by atoms with E-state index in [1.54, 1.807) is 0 Å². The fourth-order valence-electron chi connectivity index (χ4n) is 4.10. The van der Waals surface area contributed by atoms with E-state index in [4.69, 9.17) is 28.3 Å². The number of hydrogen-bond acceptors (Lipinski definition) is 6. The number of benzene rings is 2. The first-order valence-corrected chi connectivity index (χ1v) is 16.2. The number of hydrogen-bond donors (Lipinski definition) is 3. The third-order valence-electron chi connectivity index (χ3n) is 6.46. The molecule has 0 aromatic heterocycles. The maximum absolute atomic E-state index is 7.23. The van der Waals surface area contributed by atoms with Gasteiger partial charge in [0.1, 0.15) is 11.5 Å². The van der Waals surface area contributed by atoms with E-state index in [0.29, 0.717) is 6.61 Å². The van der Waals surface area contributed by atoms with Gasteiger partial charge in [-0.05, 0) is 64.7 Å². The van der Waals surface area contributed by atoms with Crippen LogP contribution in [0.25, 0.3) is 0 Å². The second kappa shape index (κ2) is 13.8. The van der Waals surface area contributed by atoms with Crippen LogP contribution in [-0.2, 0) is 26.2 Å². The van der Waals surface area contributed by atoms with Crippen LogP contribution in [0.4, 0.5) is 0 Å². The lowest BCUT2D eigenvalue weighted by molar-refractivity contribution is 0.275. The fraction of sp³-hybridized carbons (Fsp3) is 0.625. The minimum atomic E-state index is -2.62. The average molecular weight is 597 g/mol. The smallest absolute Gasteiger partial charge is 0.417 e. The van der Waals surface area contributed by atoms with Gasteiger partial charge in [-0.25, -0.2) is 0 Å². The van der Waals surface area contributed by atoms with Crippen molar-refractivity contribution in [2.45, 2.75) is 126 Å². The van der Waals surface area contributed by atoms with Gasteiger partial charge in [-0.2, -0.15) is 0 Å². The molecule has 0 saturated carbocycles. The standard InChI is InChI=1S/C32H51O3P.H3O3P/c1-16-33-36(34-27-21(2)17-23(29(4,5)6)19-25(27)31(10,11)12)35-28-22(3)18-24(30(7,8)9)20-26(28)32(13,14)15;1-4(2)3/h17-20H,16H2,1-15H3;1-3H. The van der Waals surface area contributed by atoms with Crippen LogP contribution in [0.5, 0.6) is 11.5 Å². The first-order valence-electron chi connectivity index (χ1n) is 13.9. The normalized spacial score (nSPS) is 12.9. The van der Waals surface area contributed by atoms with Crippen molar-refractivity contribution in [1.29, 1.82) is 0 Å². The Morgan fingerprint density at radius 3 is 1.10 bits per heavy atom. The van der Waals surface area contributed by atoms with Crippen LogP contribution in [0.3, 0.4) is 0 Å². The van der Waals surface area contributed by atoms with Gasteiger partial charge >= 0.3 is 17.2 Å². The lowest BCUT2D eigenvalue weighted by atomic mass is 9.79. The molecule has 2 aromatic carbocycles. The first-order chi connectivity index (χ1) is 17.9. The molecule has 0 aliphatic carbocycles. The van der Waals surface area contributed by atoms with Gasteiger partial charge in [0.2, 0.25) is 0 Å². The largest absolute Gasteiger partial charge is 0.463 e. The molecule has 8 heteroatoms. The molecule has 0 atom stereocenters. The summed E-state index contributed by atoms with van der Waals surface area (Å²) in [5.74, 6) is 1.74. The van der Waals surface area contributed by atoms with Crippen LogP contribution in [0.2, 0.25) is 0 Å². The van der Waals surface area contributed by atoms with Crippen molar-refractivity contribution < 1.29 is 28.3 Å². The molecule has 228 valence electrons. The molecule has 0 fully saturated rings. The summed E-state index contributed by atoms with van der Waals surface area (Å²) in [5, 5.41) is 0. The van der Waals surface area contributed by atoms with Crippen molar-refractivity contribution in [3.8, 4) is 11.5 Å². The molecule has 0 spiro atoms. The van der Waals surface area contributed by atoms with Gasteiger partial charge in [0.25, 0.3) is 0 Å². The Labute approximate surface area is 246 Å². The number of aryl methyl sites for hydroxylation is 2. The Hall–Kier alpha value is -1.26. The van der Waals surface area contributed by atoms with Gasteiger partial charge in [0.05, 0.1) is 6.61 Å². The molecule has 2 rings (SSSR count). The van der Waals surface area contributed by atoms with E-state index in [1.807, 2.05) is 6.92 Å². The Kier molecular flexibility index (Phi) is 12.7. The average Bonchev–Trinajstić information content (AvgIpc) is 2.72. The highest BCUT2D eigenvalue weighted by Crippen LogP contribution is 2.50.